The normalized spacial score (nSPS) is 11.0. The molecular formula is C21H15FIN5O5. The van der Waals surface area contributed by atoms with Crippen molar-refractivity contribution in [1.29, 1.82) is 0 Å². The summed E-state index contributed by atoms with van der Waals surface area (Å²) in [4.78, 5) is 50.0. The summed E-state index contributed by atoms with van der Waals surface area (Å²) in [6.07, 6.45) is 1.27. The van der Waals surface area contributed by atoms with E-state index in [1.807, 2.05) is 22.6 Å². The average Bonchev–Trinajstić information content (AvgIpc) is 2.77. The number of nitrogens with zero attached hydrogens (tertiary/aromatic N) is 4. The summed E-state index contributed by atoms with van der Waals surface area (Å²) < 4.78 is 17.9. The number of nitro groups is 1. The van der Waals surface area contributed by atoms with Gasteiger partial charge in [0.25, 0.3) is 16.8 Å². The second-order valence-corrected chi connectivity index (χ2v) is 8.45. The summed E-state index contributed by atoms with van der Waals surface area (Å²) in [5, 5.41) is 11.3. The smallest absolute Gasteiger partial charge is 0.317 e. The molecule has 0 radical (unpaired) electrons. The Morgan fingerprint density at radius 1 is 1.09 bits per heavy atom. The third-order valence-electron chi connectivity index (χ3n) is 5.08. The van der Waals surface area contributed by atoms with Crippen LogP contribution in [-0.2, 0) is 7.05 Å². The van der Waals surface area contributed by atoms with Gasteiger partial charge in [-0.05, 0) is 53.8 Å². The van der Waals surface area contributed by atoms with Crippen molar-refractivity contribution in [2.75, 3.05) is 5.43 Å². The molecule has 33 heavy (non-hydrogen) atoms. The van der Waals surface area contributed by atoms with Crippen LogP contribution in [0, 0.1) is 26.4 Å². The molecule has 0 saturated carbocycles. The van der Waals surface area contributed by atoms with Crippen LogP contribution in [0.4, 0.5) is 15.8 Å². The van der Waals surface area contributed by atoms with Crippen molar-refractivity contribution in [3.63, 3.8) is 0 Å². The van der Waals surface area contributed by atoms with Gasteiger partial charge in [0.15, 0.2) is 0 Å². The van der Waals surface area contributed by atoms with Gasteiger partial charge in [-0.1, -0.05) is 6.07 Å². The van der Waals surface area contributed by atoms with Crippen molar-refractivity contribution >= 4 is 44.9 Å². The van der Waals surface area contributed by atoms with Gasteiger partial charge in [0, 0.05) is 34.5 Å². The number of benzene rings is 2. The third-order valence-corrected chi connectivity index (χ3v) is 5.75. The van der Waals surface area contributed by atoms with E-state index in [0.717, 1.165) is 10.6 Å². The largest absolute Gasteiger partial charge is 0.355 e. The number of hydrogen-bond acceptors (Lipinski definition) is 6. The van der Waals surface area contributed by atoms with E-state index in [9.17, 15) is 28.9 Å². The molecular weight excluding hydrogens is 548 g/mol. The van der Waals surface area contributed by atoms with E-state index >= 15 is 0 Å². The maximum absolute atomic E-state index is 14.4. The summed E-state index contributed by atoms with van der Waals surface area (Å²) in [7, 11) is 1.45. The van der Waals surface area contributed by atoms with E-state index in [4.69, 9.17) is 0 Å². The molecule has 0 spiro atoms. The zero-order valence-corrected chi connectivity index (χ0v) is 19.4. The molecule has 0 amide bonds. The molecule has 4 aromatic rings. The number of fused-ring (bicyclic) bond motifs is 1. The predicted molar refractivity (Wildman–Crippen MR) is 129 cm³/mol. The Hall–Kier alpha value is -3.81. The fourth-order valence-corrected chi connectivity index (χ4v) is 3.97. The summed E-state index contributed by atoms with van der Waals surface area (Å²) in [6.45, 7) is 1.45. The Bertz CT molecular complexity index is 1640. The molecule has 0 fully saturated rings. The van der Waals surface area contributed by atoms with Gasteiger partial charge in [-0.25, -0.2) is 9.18 Å². The summed E-state index contributed by atoms with van der Waals surface area (Å²) in [5.74, 6) is -0.688. The molecule has 4 rings (SSSR count). The number of non-ortho nitro benzene ring substituents is 1. The maximum atomic E-state index is 14.4. The average molecular weight is 563 g/mol. The van der Waals surface area contributed by atoms with E-state index in [0.29, 0.717) is 8.25 Å². The molecule has 0 saturated heterocycles. The van der Waals surface area contributed by atoms with Crippen LogP contribution in [-0.4, -0.2) is 18.7 Å². The molecule has 0 bridgehead atoms. The number of nitrogens with one attached hydrogen (secondary N) is 1. The molecule has 0 aliphatic rings. The number of rotatable bonds is 4. The third kappa shape index (κ3) is 3.82. The number of aromatic nitrogens is 3. The molecule has 0 atom stereocenters. The highest BCUT2D eigenvalue weighted by molar-refractivity contribution is 14.1. The van der Waals surface area contributed by atoms with E-state index in [1.54, 1.807) is 6.07 Å². The van der Waals surface area contributed by atoms with Gasteiger partial charge in [0.05, 0.1) is 27.2 Å². The predicted octanol–water partition coefficient (Wildman–Crippen LogP) is 2.69. The fraction of sp³-hybridized carbons (Fsp3) is 0.0952. The molecule has 0 aliphatic carbocycles. The summed E-state index contributed by atoms with van der Waals surface area (Å²) in [6, 6.07) is 9.40. The van der Waals surface area contributed by atoms with Crippen LogP contribution in [0.25, 0.3) is 16.6 Å². The first-order valence-corrected chi connectivity index (χ1v) is 10.5. The number of anilines is 1. The Morgan fingerprint density at radius 3 is 2.48 bits per heavy atom. The summed E-state index contributed by atoms with van der Waals surface area (Å²) >= 11 is 1.92. The molecule has 10 nitrogen and oxygen atoms in total. The van der Waals surface area contributed by atoms with Crippen molar-refractivity contribution in [1.82, 2.24) is 13.8 Å². The van der Waals surface area contributed by atoms with E-state index < -0.39 is 27.5 Å². The lowest BCUT2D eigenvalue weighted by Gasteiger charge is -2.17. The van der Waals surface area contributed by atoms with Crippen molar-refractivity contribution in [2.24, 2.45) is 7.05 Å². The standard InChI is InChI=1S/C21H15FIN5O5/c1-11-18-15(10-25(2)19(11)29)20(30)27(24-17-7-6-12(23)8-16(17)22)21(31)26(18)13-4-3-5-14(9-13)28(32)33/h3-10,24H,1-2H3. The van der Waals surface area contributed by atoms with Gasteiger partial charge < -0.3 is 4.57 Å². The molecule has 0 aliphatic heterocycles. The number of aryl methyl sites for hydroxylation is 2. The zero-order valence-electron chi connectivity index (χ0n) is 17.2. The minimum Gasteiger partial charge on any atom is -0.317 e. The van der Waals surface area contributed by atoms with Gasteiger partial charge in [-0.15, -0.1) is 0 Å². The maximum Gasteiger partial charge on any atom is 0.355 e. The second kappa shape index (κ2) is 8.27. The van der Waals surface area contributed by atoms with E-state index in [-0.39, 0.29) is 33.5 Å². The lowest BCUT2D eigenvalue weighted by Crippen LogP contribution is -2.44. The quantitative estimate of drug-likeness (QED) is 0.232. The number of pyridine rings is 1. The van der Waals surface area contributed by atoms with E-state index in [2.05, 4.69) is 5.43 Å². The molecule has 0 unspecified atom stereocenters. The minimum atomic E-state index is -0.956. The van der Waals surface area contributed by atoms with Crippen LogP contribution >= 0.6 is 22.6 Å². The second-order valence-electron chi connectivity index (χ2n) is 7.20. The Balaban J connectivity index is 2.13. The van der Waals surface area contributed by atoms with Crippen LogP contribution in [0.15, 0.2) is 63.0 Å². The van der Waals surface area contributed by atoms with E-state index in [1.165, 1.54) is 55.1 Å². The molecule has 168 valence electrons. The van der Waals surface area contributed by atoms with Gasteiger partial charge >= 0.3 is 5.69 Å². The molecule has 2 heterocycles. The van der Waals surface area contributed by atoms with Crippen LogP contribution in [0.2, 0.25) is 0 Å². The lowest BCUT2D eigenvalue weighted by atomic mass is 10.2. The highest BCUT2D eigenvalue weighted by Gasteiger charge is 2.21. The topological polar surface area (TPSA) is 121 Å². The number of hydrogen-bond donors (Lipinski definition) is 1. The number of halogens is 2. The Morgan fingerprint density at radius 2 is 1.82 bits per heavy atom. The number of nitro benzene ring substituents is 1. The first-order valence-electron chi connectivity index (χ1n) is 9.45. The first-order chi connectivity index (χ1) is 15.6. The Kier molecular flexibility index (Phi) is 5.61. The zero-order chi connectivity index (χ0) is 24.0. The molecule has 2 aromatic carbocycles. The highest BCUT2D eigenvalue weighted by Crippen LogP contribution is 2.21. The SMILES string of the molecule is Cc1c(=O)n(C)cc2c(=O)n(Nc3ccc(I)cc3F)c(=O)n(-c3cccc([N+](=O)[O-])c3)c12. The van der Waals surface area contributed by atoms with Gasteiger partial charge in [0.2, 0.25) is 0 Å². The summed E-state index contributed by atoms with van der Waals surface area (Å²) in [5.41, 5.74) is 0.0442. The lowest BCUT2D eigenvalue weighted by molar-refractivity contribution is -0.384. The molecule has 12 heteroatoms. The molecule has 1 N–H and O–H groups in total. The van der Waals surface area contributed by atoms with Gasteiger partial charge in [-0.2, -0.15) is 4.68 Å². The van der Waals surface area contributed by atoms with Crippen LogP contribution in [0.3, 0.4) is 0 Å². The fourth-order valence-electron chi connectivity index (χ4n) is 3.51. The van der Waals surface area contributed by atoms with Crippen LogP contribution in [0.5, 0.6) is 0 Å². The van der Waals surface area contributed by atoms with Crippen molar-refractivity contribution < 1.29 is 9.31 Å². The highest BCUT2D eigenvalue weighted by atomic mass is 127. The molecule has 2 aromatic heterocycles. The monoisotopic (exact) mass is 563 g/mol. The first kappa shape index (κ1) is 22.4. The van der Waals surface area contributed by atoms with Crippen LogP contribution < -0.4 is 22.2 Å². The van der Waals surface area contributed by atoms with Crippen molar-refractivity contribution in [3.8, 4) is 5.69 Å². The van der Waals surface area contributed by atoms with Crippen molar-refractivity contribution in [2.45, 2.75) is 6.92 Å². The van der Waals surface area contributed by atoms with Crippen molar-refractivity contribution in [3.05, 3.63) is 105 Å². The minimum absolute atomic E-state index is 0.00901. The van der Waals surface area contributed by atoms with Crippen LogP contribution in [0.1, 0.15) is 5.56 Å². The van der Waals surface area contributed by atoms with Gasteiger partial charge in [-0.3, -0.25) is 29.7 Å². The Labute approximate surface area is 197 Å². The van der Waals surface area contributed by atoms with Gasteiger partial charge in [0.1, 0.15) is 5.82 Å².